The van der Waals surface area contributed by atoms with Gasteiger partial charge in [0, 0.05) is 42.6 Å². The molecule has 0 spiro atoms. The van der Waals surface area contributed by atoms with Gasteiger partial charge in [0.2, 0.25) is 0 Å². The van der Waals surface area contributed by atoms with Crippen LogP contribution < -0.4 is 10.2 Å². The molecule has 0 bridgehead atoms. The molecule has 1 saturated heterocycles. The first-order valence-corrected chi connectivity index (χ1v) is 12.0. The number of pyridine rings is 2. The minimum atomic E-state index is -4.58. The highest BCUT2D eigenvalue weighted by Gasteiger charge is 2.34. The quantitative estimate of drug-likeness (QED) is 0.386. The molecule has 11 heteroatoms. The molecule has 1 aliphatic heterocycles. The number of anilines is 1. The van der Waals surface area contributed by atoms with Gasteiger partial charge in [-0.05, 0) is 62.4 Å². The minimum Gasteiger partial charge on any atom is -0.356 e. The molecule has 0 aromatic carbocycles. The van der Waals surface area contributed by atoms with Crippen LogP contribution in [0.5, 0.6) is 0 Å². The third-order valence-electron chi connectivity index (χ3n) is 7.00. The number of halogens is 4. The molecule has 182 valence electrons. The van der Waals surface area contributed by atoms with Crippen molar-refractivity contribution in [3.8, 4) is 11.4 Å². The smallest absolute Gasteiger partial charge is 0.356 e. The third-order valence-corrected chi connectivity index (χ3v) is 7.28. The van der Waals surface area contributed by atoms with Gasteiger partial charge in [-0.2, -0.15) is 0 Å². The number of alkyl halides is 3. The summed E-state index contributed by atoms with van der Waals surface area (Å²) < 4.78 is 40.7. The zero-order chi connectivity index (χ0) is 24.3. The minimum absolute atomic E-state index is 0.192. The maximum atomic E-state index is 13.5. The lowest BCUT2D eigenvalue weighted by atomic mass is 10.0. The molecule has 5 heterocycles. The molecule has 0 radical (unpaired) electrons. The van der Waals surface area contributed by atoms with Crippen molar-refractivity contribution in [3.05, 3.63) is 41.4 Å². The second kappa shape index (κ2) is 8.30. The SMILES string of the molecule is CN(c1nc(-c2ccnc3c2ccn3C(F)(F)F)nc2c(Cl)ncc(C3CC3)c12)C1CCNCC1. The lowest BCUT2D eigenvalue weighted by molar-refractivity contribution is -0.201. The summed E-state index contributed by atoms with van der Waals surface area (Å²) >= 11 is 6.56. The number of fused-ring (bicyclic) bond motifs is 2. The number of nitrogens with zero attached hydrogens (tertiary/aromatic N) is 6. The van der Waals surface area contributed by atoms with E-state index in [0.29, 0.717) is 28.2 Å². The van der Waals surface area contributed by atoms with Crippen LogP contribution in [0.15, 0.2) is 30.7 Å². The zero-order valence-corrected chi connectivity index (χ0v) is 19.7. The fraction of sp³-hybridized carbons (Fsp3) is 0.417. The van der Waals surface area contributed by atoms with Crippen LogP contribution in [0.2, 0.25) is 5.15 Å². The molecule has 2 aliphatic rings. The van der Waals surface area contributed by atoms with E-state index < -0.39 is 6.30 Å². The molecule has 35 heavy (non-hydrogen) atoms. The van der Waals surface area contributed by atoms with E-state index in [9.17, 15) is 13.2 Å². The van der Waals surface area contributed by atoms with Gasteiger partial charge in [-0.3, -0.25) is 0 Å². The molecular formula is C24H23ClF3N7. The summed E-state index contributed by atoms with van der Waals surface area (Å²) in [6.45, 7) is 1.83. The van der Waals surface area contributed by atoms with Gasteiger partial charge in [-0.1, -0.05) is 11.6 Å². The first kappa shape index (κ1) is 22.5. The lowest BCUT2D eigenvalue weighted by Gasteiger charge is -2.33. The van der Waals surface area contributed by atoms with Crippen LogP contribution in [0.1, 0.15) is 37.2 Å². The second-order valence-electron chi connectivity index (χ2n) is 9.21. The third kappa shape index (κ3) is 3.88. The molecule has 2 fully saturated rings. The molecule has 1 saturated carbocycles. The van der Waals surface area contributed by atoms with Crippen molar-refractivity contribution in [2.45, 2.75) is 43.9 Å². The summed E-state index contributed by atoms with van der Waals surface area (Å²) in [5, 5.41) is 4.85. The Morgan fingerprint density at radius 1 is 1.09 bits per heavy atom. The number of hydrogen-bond acceptors (Lipinski definition) is 6. The first-order valence-electron chi connectivity index (χ1n) is 11.7. The first-order chi connectivity index (χ1) is 16.8. The van der Waals surface area contributed by atoms with Crippen LogP contribution in [0.4, 0.5) is 19.0 Å². The molecule has 6 rings (SSSR count). The van der Waals surface area contributed by atoms with E-state index in [1.807, 2.05) is 13.2 Å². The summed E-state index contributed by atoms with van der Waals surface area (Å²) in [5.74, 6) is 1.44. The average molecular weight is 502 g/mol. The Hall–Kier alpha value is -2.98. The molecule has 4 aromatic heterocycles. The predicted molar refractivity (Wildman–Crippen MR) is 129 cm³/mol. The standard InChI is InChI=1S/C24H23ClF3N7/c1-34(14-4-8-29-9-5-14)23-18-17(13-2-3-13)12-31-20(25)19(18)32-21(33-23)15-6-10-30-22-16(15)7-11-35(22)24(26,27)28/h6-7,10-14,29H,2-5,8-9H2,1H3. The Morgan fingerprint density at radius 3 is 2.57 bits per heavy atom. The molecular weight excluding hydrogens is 479 g/mol. The van der Waals surface area contributed by atoms with Gasteiger partial charge in [0.05, 0.1) is 5.39 Å². The zero-order valence-electron chi connectivity index (χ0n) is 19.0. The number of rotatable bonds is 4. The van der Waals surface area contributed by atoms with E-state index in [4.69, 9.17) is 21.6 Å². The highest BCUT2D eigenvalue weighted by molar-refractivity contribution is 6.34. The van der Waals surface area contributed by atoms with Crippen molar-refractivity contribution in [1.29, 1.82) is 0 Å². The molecule has 7 nitrogen and oxygen atoms in total. The van der Waals surface area contributed by atoms with Crippen molar-refractivity contribution in [1.82, 2.24) is 29.8 Å². The molecule has 1 N–H and O–H groups in total. The summed E-state index contributed by atoms with van der Waals surface area (Å²) in [6.07, 6.45) is 3.64. The summed E-state index contributed by atoms with van der Waals surface area (Å²) in [5.41, 5.74) is 1.88. The van der Waals surface area contributed by atoms with Gasteiger partial charge in [-0.25, -0.2) is 24.5 Å². The van der Waals surface area contributed by atoms with E-state index in [1.165, 1.54) is 12.3 Å². The molecule has 0 amide bonds. The largest absolute Gasteiger partial charge is 0.490 e. The van der Waals surface area contributed by atoms with Crippen LogP contribution in [0.25, 0.3) is 33.3 Å². The summed E-state index contributed by atoms with van der Waals surface area (Å²) in [6, 6.07) is 3.31. The average Bonchev–Trinajstić information content (AvgIpc) is 3.60. The van der Waals surface area contributed by atoms with Gasteiger partial charge in [0.1, 0.15) is 17.0 Å². The summed E-state index contributed by atoms with van der Waals surface area (Å²) in [4.78, 5) is 20.3. The van der Waals surface area contributed by atoms with Crippen LogP contribution in [-0.4, -0.2) is 50.7 Å². The van der Waals surface area contributed by atoms with Gasteiger partial charge in [0.25, 0.3) is 0 Å². The maximum absolute atomic E-state index is 13.5. The number of nitrogens with one attached hydrogen (secondary N) is 1. The van der Waals surface area contributed by atoms with Crippen molar-refractivity contribution in [2.75, 3.05) is 25.0 Å². The van der Waals surface area contributed by atoms with E-state index in [0.717, 1.165) is 61.7 Å². The molecule has 0 unspecified atom stereocenters. The monoisotopic (exact) mass is 501 g/mol. The number of hydrogen-bond donors (Lipinski definition) is 1. The fourth-order valence-corrected chi connectivity index (χ4v) is 5.19. The topological polar surface area (TPSA) is 71.8 Å². The van der Waals surface area contributed by atoms with E-state index in [1.54, 1.807) is 6.07 Å². The Balaban J connectivity index is 1.60. The van der Waals surface area contributed by atoms with Crippen LogP contribution in [0, 0.1) is 0 Å². The fourth-order valence-electron chi connectivity index (χ4n) is 5.00. The predicted octanol–water partition coefficient (Wildman–Crippen LogP) is 5.24. The van der Waals surface area contributed by atoms with E-state index in [2.05, 4.69) is 20.2 Å². The van der Waals surface area contributed by atoms with Crippen LogP contribution in [0.3, 0.4) is 0 Å². The van der Waals surface area contributed by atoms with Gasteiger partial charge < -0.3 is 10.2 Å². The molecule has 0 atom stereocenters. The van der Waals surface area contributed by atoms with Crippen LogP contribution in [-0.2, 0) is 6.30 Å². The number of aromatic nitrogens is 5. The highest BCUT2D eigenvalue weighted by atomic mass is 35.5. The van der Waals surface area contributed by atoms with E-state index in [-0.39, 0.29) is 21.4 Å². The highest BCUT2D eigenvalue weighted by Crippen LogP contribution is 2.46. The Morgan fingerprint density at radius 2 is 1.86 bits per heavy atom. The lowest BCUT2D eigenvalue weighted by Crippen LogP contribution is -2.41. The van der Waals surface area contributed by atoms with Crippen molar-refractivity contribution in [2.24, 2.45) is 0 Å². The maximum Gasteiger partial charge on any atom is 0.490 e. The normalized spacial score (nSPS) is 17.4. The van der Waals surface area contributed by atoms with Crippen LogP contribution >= 0.6 is 11.6 Å². The Kier molecular flexibility index (Phi) is 5.33. The van der Waals surface area contributed by atoms with Gasteiger partial charge >= 0.3 is 6.30 Å². The summed E-state index contributed by atoms with van der Waals surface area (Å²) in [7, 11) is 2.02. The number of piperidine rings is 1. The van der Waals surface area contributed by atoms with E-state index >= 15 is 0 Å². The van der Waals surface area contributed by atoms with Crippen molar-refractivity contribution >= 4 is 39.4 Å². The van der Waals surface area contributed by atoms with Gasteiger partial charge in [0.15, 0.2) is 11.0 Å². The Bertz CT molecular complexity index is 1420. The van der Waals surface area contributed by atoms with Gasteiger partial charge in [-0.15, -0.1) is 13.2 Å². The molecule has 4 aromatic rings. The van der Waals surface area contributed by atoms with Crippen molar-refractivity contribution in [3.63, 3.8) is 0 Å². The second-order valence-corrected chi connectivity index (χ2v) is 9.57. The Labute approximate surface area is 204 Å². The molecule has 1 aliphatic carbocycles. The van der Waals surface area contributed by atoms with Crippen molar-refractivity contribution < 1.29 is 13.2 Å².